The van der Waals surface area contributed by atoms with Crippen LogP contribution in [0.2, 0.25) is 10.3 Å². The van der Waals surface area contributed by atoms with Crippen molar-refractivity contribution in [3.63, 3.8) is 0 Å². The topological polar surface area (TPSA) is 12.9 Å². The highest BCUT2D eigenvalue weighted by Crippen LogP contribution is 2.33. The van der Waals surface area contributed by atoms with Crippen molar-refractivity contribution < 1.29 is 0 Å². The molecule has 0 N–H and O–H groups in total. The summed E-state index contributed by atoms with van der Waals surface area (Å²) >= 11 is 13.7. The molecule has 0 aromatic carbocycles. The van der Waals surface area contributed by atoms with Crippen molar-refractivity contribution in [2.24, 2.45) is 0 Å². The number of aryl methyl sites for hydroxylation is 1. The molecule has 0 saturated carbocycles. The molecule has 0 aliphatic heterocycles. The van der Waals surface area contributed by atoms with Gasteiger partial charge in [-0.2, -0.15) is 0 Å². The van der Waals surface area contributed by atoms with Crippen LogP contribution in [0.15, 0.2) is 23.6 Å². The average molecular weight is 314 g/mol. The number of hydrogen-bond acceptors (Lipinski definition) is 2. The monoisotopic (exact) mass is 313 g/mol. The van der Waals surface area contributed by atoms with E-state index in [1.807, 2.05) is 12.1 Å². The number of unbranched alkanes of at least 4 members (excludes halogenated alkanes) is 3. The number of halogens is 2. The predicted octanol–water partition coefficient (Wildman–Crippen LogP) is 6.24. The quantitative estimate of drug-likeness (QED) is 0.454. The van der Waals surface area contributed by atoms with Crippen molar-refractivity contribution in [3.05, 3.63) is 39.4 Å². The van der Waals surface area contributed by atoms with E-state index in [4.69, 9.17) is 23.2 Å². The van der Waals surface area contributed by atoms with Crippen molar-refractivity contribution in [2.75, 3.05) is 0 Å². The van der Waals surface area contributed by atoms with Gasteiger partial charge in [0.15, 0.2) is 0 Å². The SMILES string of the molecule is CCCCCCc1ccsc1-c1cc(Cl)nc(Cl)c1. The molecular weight excluding hydrogens is 297 g/mol. The highest BCUT2D eigenvalue weighted by Gasteiger charge is 2.09. The average Bonchev–Trinajstić information content (AvgIpc) is 2.82. The Morgan fingerprint density at radius 2 is 1.84 bits per heavy atom. The van der Waals surface area contributed by atoms with Crippen molar-refractivity contribution in [1.29, 1.82) is 0 Å². The molecule has 102 valence electrons. The van der Waals surface area contributed by atoms with E-state index in [2.05, 4.69) is 23.4 Å². The van der Waals surface area contributed by atoms with Crippen LogP contribution in [-0.4, -0.2) is 4.98 Å². The number of thiophene rings is 1. The van der Waals surface area contributed by atoms with Gasteiger partial charge in [0.25, 0.3) is 0 Å². The van der Waals surface area contributed by atoms with Crippen LogP contribution in [0, 0.1) is 0 Å². The number of aromatic nitrogens is 1. The summed E-state index contributed by atoms with van der Waals surface area (Å²) in [6.45, 7) is 2.23. The molecular formula is C15H17Cl2NS. The minimum Gasteiger partial charge on any atom is -0.224 e. The van der Waals surface area contributed by atoms with Gasteiger partial charge in [0, 0.05) is 4.88 Å². The van der Waals surface area contributed by atoms with Crippen molar-refractivity contribution in [2.45, 2.75) is 39.0 Å². The highest BCUT2D eigenvalue weighted by molar-refractivity contribution is 7.13. The molecule has 0 aliphatic rings. The van der Waals surface area contributed by atoms with E-state index in [0.29, 0.717) is 10.3 Å². The molecule has 0 spiro atoms. The zero-order valence-electron chi connectivity index (χ0n) is 11.0. The van der Waals surface area contributed by atoms with Crippen LogP contribution in [0.1, 0.15) is 38.2 Å². The third kappa shape index (κ3) is 4.20. The van der Waals surface area contributed by atoms with Gasteiger partial charge in [0.1, 0.15) is 10.3 Å². The lowest BCUT2D eigenvalue weighted by molar-refractivity contribution is 0.668. The minimum absolute atomic E-state index is 0.452. The normalized spacial score (nSPS) is 10.9. The number of rotatable bonds is 6. The first-order chi connectivity index (χ1) is 9.20. The molecule has 0 saturated heterocycles. The summed E-state index contributed by atoms with van der Waals surface area (Å²) in [4.78, 5) is 5.26. The fraction of sp³-hybridized carbons (Fsp3) is 0.400. The zero-order valence-corrected chi connectivity index (χ0v) is 13.3. The van der Waals surface area contributed by atoms with E-state index in [9.17, 15) is 0 Å². The lowest BCUT2D eigenvalue weighted by Crippen LogP contribution is -1.87. The minimum atomic E-state index is 0.452. The smallest absolute Gasteiger partial charge is 0.131 e. The Hall–Kier alpha value is -0.570. The van der Waals surface area contributed by atoms with Gasteiger partial charge in [-0.1, -0.05) is 49.4 Å². The fourth-order valence-corrected chi connectivity index (χ4v) is 3.53. The summed E-state index contributed by atoms with van der Waals surface area (Å²) in [5.74, 6) is 0. The Bertz CT molecular complexity index is 516. The maximum absolute atomic E-state index is 5.97. The first kappa shape index (κ1) is 14.8. The fourth-order valence-electron chi connectivity index (χ4n) is 2.12. The third-order valence-electron chi connectivity index (χ3n) is 3.07. The molecule has 0 atom stereocenters. The summed E-state index contributed by atoms with van der Waals surface area (Å²) in [5, 5.41) is 3.04. The van der Waals surface area contributed by atoms with Crippen LogP contribution >= 0.6 is 34.5 Å². The number of hydrogen-bond donors (Lipinski definition) is 0. The Balaban J connectivity index is 2.14. The van der Waals surface area contributed by atoms with Crippen LogP contribution in [0.25, 0.3) is 10.4 Å². The van der Waals surface area contributed by atoms with Gasteiger partial charge in [-0.3, -0.25) is 0 Å². The van der Waals surface area contributed by atoms with E-state index in [1.165, 1.54) is 36.1 Å². The van der Waals surface area contributed by atoms with Gasteiger partial charge in [-0.25, -0.2) is 4.98 Å². The lowest BCUT2D eigenvalue weighted by atomic mass is 10.0. The van der Waals surface area contributed by atoms with Crippen LogP contribution in [0.5, 0.6) is 0 Å². The van der Waals surface area contributed by atoms with Crippen LogP contribution in [0.3, 0.4) is 0 Å². The Kier molecular flexibility index (Phi) is 5.68. The lowest BCUT2D eigenvalue weighted by Gasteiger charge is -2.05. The van der Waals surface area contributed by atoms with Gasteiger partial charge in [-0.15, -0.1) is 11.3 Å². The maximum Gasteiger partial charge on any atom is 0.131 e. The predicted molar refractivity (Wildman–Crippen MR) is 85.4 cm³/mol. The summed E-state index contributed by atoms with van der Waals surface area (Å²) in [5.41, 5.74) is 2.46. The van der Waals surface area contributed by atoms with E-state index in [0.717, 1.165) is 12.0 Å². The number of nitrogens with zero attached hydrogens (tertiary/aromatic N) is 1. The van der Waals surface area contributed by atoms with Crippen molar-refractivity contribution >= 4 is 34.5 Å². The largest absolute Gasteiger partial charge is 0.224 e. The van der Waals surface area contributed by atoms with Crippen LogP contribution in [0.4, 0.5) is 0 Å². The van der Waals surface area contributed by atoms with Crippen molar-refractivity contribution in [1.82, 2.24) is 4.98 Å². The van der Waals surface area contributed by atoms with Crippen LogP contribution in [-0.2, 0) is 6.42 Å². The van der Waals surface area contributed by atoms with Gasteiger partial charge in [0.05, 0.1) is 0 Å². The van der Waals surface area contributed by atoms with Crippen LogP contribution < -0.4 is 0 Å². The molecule has 0 amide bonds. The molecule has 0 radical (unpaired) electrons. The van der Waals surface area contributed by atoms with Gasteiger partial charge >= 0.3 is 0 Å². The third-order valence-corrected chi connectivity index (χ3v) is 4.46. The Morgan fingerprint density at radius 1 is 1.11 bits per heavy atom. The van der Waals surface area contributed by atoms with E-state index < -0.39 is 0 Å². The second kappa shape index (κ2) is 7.28. The molecule has 2 rings (SSSR count). The second-order valence-electron chi connectivity index (χ2n) is 4.59. The van der Waals surface area contributed by atoms with E-state index >= 15 is 0 Å². The summed E-state index contributed by atoms with van der Waals surface area (Å²) < 4.78 is 0. The standard InChI is InChI=1S/C15H17Cl2NS/c1-2-3-4-5-6-11-7-8-19-15(11)12-9-13(16)18-14(17)10-12/h7-10H,2-6H2,1H3. The molecule has 2 heterocycles. The van der Waals surface area contributed by atoms with Crippen molar-refractivity contribution in [3.8, 4) is 10.4 Å². The van der Waals surface area contributed by atoms with E-state index in [-0.39, 0.29) is 0 Å². The molecule has 0 unspecified atom stereocenters. The first-order valence-electron chi connectivity index (χ1n) is 6.60. The molecule has 0 fully saturated rings. The van der Waals surface area contributed by atoms with E-state index in [1.54, 1.807) is 11.3 Å². The zero-order chi connectivity index (χ0) is 13.7. The molecule has 0 aliphatic carbocycles. The van der Waals surface area contributed by atoms with Gasteiger partial charge < -0.3 is 0 Å². The molecule has 1 nitrogen and oxygen atoms in total. The Morgan fingerprint density at radius 3 is 2.53 bits per heavy atom. The Labute approximate surface area is 128 Å². The first-order valence-corrected chi connectivity index (χ1v) is 8.24. The van der Waals surface area contributed by atoms with Gasteiger partial charge in [-0.05, 0) is 47.5 Å². The summed E-state index contributed by atoms with van der Waals surface area (Å²) in [7, 11) is 0. The molecule has 0 bridgehead atoms. The summed E-state index contributed by atoms with van der Waals surface area (Å²) in [6.07, 6.45) is 6.24. The molecule has 4 heteroatoms. The molecule has 2 aromatic rings. The molecule has 2 aromatic heterocycles. The van der Waals surface area contributed by atoms with Gasteiger partial charge in [0.2, 0.25) is 0 Å². The highest BCUT2D eigenvalue weighted by atomic mass is 35.5. The summed E-state index contributed by atoms with van der Waals surface area (Å²) in [6, 6.07) is 5.97. The molecule has 19 heavy (non-hydrogen) atoms. The number of pyridine rings is 1. The maximum atomic E-state index is 5.97. The second-order valence-corrected chi connectivity index (χ2v) is 6.28.